The predicted octanol–water partition coefficient (Wildman–Crippen LogP) is 1.26. The van der Waals surface area contributed by atoms with Crippen molar-refractivity contribution in [1.82, 2.24) is 15.0 Å². The van der Waals surface area contributed by atoms with E-state index in [0.29, 0.717) is 44.0 Å². The third-order valence-electron chi connectivity index (χ3n) is 6.33. The summed E-state index contributed by atoms with van der Waals surface area (Å²) in [5.41, 5.74) is 25.9. The molecule has 0 aliphatic carbocycles. The fourth-order valence-electron chi connectivity index (χ4n) is 4.87. The minimum Gasteiger partial charge on any atom is -0.338 e. The number of aromatic nitrogens is 3. The van der Waals surface area contributed by atoms with Crippen LogP contribution in [-0.2, 0) is 0 Å². The maximum absolute atomic E-state index is 6.25. The molecule has 0 bridgehead atoms. The fourth-order valence-corrected chi connectivity index (χ4v) is 5.35. The standard InChI is InChI=1S/C23H31BrN10/c24-19-5-6-20(18-4-2-1-3-17(18)19)29-21-30-22(33-9-13(25)7-14(26)10-33)32-23(31-21)34-11-15(27)8-16(28)12-34/h1-6,13-16H,7-12,25-28H2,(H,29,30,31,32). The van der Waals surface area contributed by atoms with Gasteiger partial charge in [0.2, 0.25) is 17.8 Å². The second-order valence-electron chi connectivity index (χ2n) is 9.35. The topological polar surface area (TPSA) is 161 Å². The first-order chi connectivity index (χ1) is 16.4. The number of piperidine rings is 2. The van der Waals surface area contributed by atoms with Crippen molar-refractivity contribution in [3.8, 4) is 0 Å². The summed E-state index contributed by atoms with van der Waals surface area (Å²) in [7, 11) is 0. The van der Waals surface area contributed by atoms with Gasteiger partial charge in [0, 0.05) is 65.9 Å². The fraction of sp³-hybridized carbons (Fsp3) is 0.435. The molecule has 4 atom stereocenters. The summed E-state index contributed by atoms with van der Waals surface area (Å²) < 4.78 is 1.03. The summed E-state index contributed by atoms with van der Waals surface area (Å²) in [5.74, 6) is 1.55. The normalized spacial score (nSPS) is 25.6. The molecule has 0 spiro atoms. The monoisotopic (exact) mass is 526 g/mol. The Kier molecular flexibility index (Phi) is 6.54. The van der Waals surface area contributed by atoms with Gasteiger partial charge >= 0.3 is 0 Å². The second kappa shape index (κ2) is 9.59. The molecule has 2 fully saturated rings. The van der Waals surface area contributed by atoms with Gasteiger partial charge < -0.3 is 38.1 Å². The van der Waals surface area contributed by atoms with E-state index in [4.69, 9.17) is 37.9 Å². The third kappa shape index (κ3) is 4.93. The minimum absolute atomic E-state index is 0.0346. The molecule has 2 aromatic carbocycles. The number of halogens is 1. The van der Waals surface area contributed by atoms with Gasteiger partial charge in [-0.25, -0.2) is 0 Å². The number of fused-ring (bicyclic) bond motifs is 1. The molecule has 9 N–H and O–H groups in total. The molecule has 0 amide bonds. The SMILES string of the molecule is NC1CC(N)CN(c2nc(Nc3ccc(Br)c4ccccc34)nc(N3CC(N)CC(N)C3)n2)C1. The first-order valence-corrected chi connectivity index (χ1v) is 12.4. The smallest absolute Gasteiger partial charge is 0.233 e. The lowest BCUT2D eigenvalue weighted by Gasteiger charge is -2.37. The average molecular weight is 527 g/mol. The molecular weight excluding hydrogens is 496 g/mol. The summed E-state index contributed by atoms with van der Waals surface area (Å²) in [6.45, 7) is 2.54. The zero-order valence-corrected chi connectivity index (χ0v) is 20.5. The molecule has 0 radical (unpaired) electrons. The molecule has 10 nitrogen and oxygen atoms in total. The van der Waals surface area contributed by atoms with Crippen molar-refractivity contribution >= 4 is 50.2 Å². The Balaban J connectivity index is 1.54. The van der Waals surface area contributed by atoms with Crippen molar-refractivity contribution in [3.05, 3.63) is 40.9 Å². The van der Waals surface area contributed by atoms with E-state index < -0.39 is 0 Å². The lowest BCUT2D eigenvalue weighted by molar-refractivity contribution is 0.441. The van der Waals surface area contributed by atoms with Gasteiger partial charge in [-0.15, -0.1) is 0 Å². The van der Waals surface area contributed by atoms with Gasteiger partial charge in [-0.1, -0.05) is 40.2 Å². The molecule has 180 valence electrons. The lowest BCUT2D eigenvalue weighted by Crippen LogP contribution is -2.54. The molecule has 2 saturated heterocycles. The van der Waals surface area contributed by atoms with Gasteiger partial charge in [0.15, 0.2) is 0 Å². The van der Waals surface area contributed by atoms with Crippen LogP contribution in [0.5, 0.6) is 0 Å². The van der Waals surface area contributed by atoms with Crippen molar-refractivity contribution in [3.63, 3.8) is 0 Å². The van der Waals surface area contributed by atoms with Crippen LogP contribution in [0.25, 0.3) is 10.8 Å². The summed E-state index contributed by atoms with van der Waals surface area (Å²) in [6.07, 6.45) is 1.56. The Hall–Kier alpha value is -2.57. The lowest BCUT2D eigenvalue weighted by atomic mass is 10.0. The number of nitrogens with one attached hydrogen (secondary N) is 1. The Morgan fingerprint density at radius 3 is 1.74 bits per heavy atom. The molecule has 5 rings (SSSR count). The summed E-state index contributed by atoms with van der Waals surface area (Å²) in [5, 5.41) is 5.58. The highest BCUT2D eigenvalue weighted by Crippen LogP contribution is 2.32. The van der Waals surface area contributed by atoms with Gasteiger partial charge in [-0.3, -0.25) is 0 Å². The summed E-state index contributed by atoms with van der Waals surface area (Å²) in [6, 6.07) is 12.0. The van der Waals surface area contributed by atoms with Gasteiger partial charge in [-0.05, 0) is 30.4 Å². The number of hydrogen-bond acceptors (Lipinski definition) is 10. The van der Waals surface area contributed by atoms with Crippen LogP contribution in [0.1, 0.15) is 12.8 Å². The van der Waals surface area contributed by atoms with Gasteiger partial charge in [-0.2, -0.15) is 15.0 Å². The van der Waals surface area contributed by atoms with E-state index in [-0.39, 0.29) is 24.2 Å². The largest absolute Gasteiger partial charge is 0.338 e. The van der Waals surface area contributed by atoms with E-state index in [2.05, 4.69) is 33.4 Å². The maximum Gasteiger partial charge on any atom is 0.233 e. The molecule has 34 heavy (non-hydrogen) atoms. The molecule has 3 aromatic rings. The molecule has 1 aromatic heterocycles. The number of nitrogens with two attached hydrogens (primary N) is 4. The quantitative estimate of drug-likeness (QED) is 0.334. The third-order valence-corrected chi connectivity index (χ3v) is 7.02. The Morgan fingerprint density at radius 1 is 0.706 bits per heavy atom. The van der Waals surface area contributed by atoms with Crippen LogP contribution in [-0.4, -0.2) is 65.3 Å². The Bertz CT molecular complexity index is 1110. The zero-order valence-electron chi connectivity index (χ0n) is 18.9. The van der Waals surface area contributed by atoms with E-state index in [0.717, 1.165) is 33.8 Å². The highest BCUT2D eigenvalue weighted by atomic mass is 79.9. The maximum atomic E-state index is 6.25. The van der Waals surface area contributed by atoms with E-state index in [1.807, 2.05) is 34.1 Å². The number of hydrogen-bond donors (Lipinski definition) is 5. The second-order valence-corrected chi connectivity index (χ2v) is 10.2. The number of benzene rings is 2. The predicted molar refractivity (Wildman–Crippen MR) is 140 cm³/mol. The highest BCUT2D eigenvalue weighted by Gasteiger charge is 2.28. The van der Waals surface area contributed by atoms with Crippen LogP contribution < -0.4 is 38.1 Å². The van der Waals surface area contributed by atoms with Crippen molar-refractivity contribution < 1.29 is 0 Å². The van der Waals surface area contributed by atoms with Gasteiger partial charge in [0.05, 0.1) is 0 Å². The van der Waals surface area contributed by atoms with Gasteiger partial charge in [0.25, 0.3) is 0 Å². The van der Waals surface area contributed by atoms with Crippen molar-refractivity contribution in [1.29, 1.82) is 0 Å². The van der Waals surface area contributed by atoms with Crippen LogP contribution in [0.2, 0.25) is 0 Å². The minimum atomic E-state index is -0.0346. The van der Waals surface area contributed by atoms with Crippen LogP contribution in [0.3, 0.4) is 0 Å². The van der Waals surface area contributed by atoms with Gasteiger partial charge in [0.1, 0.15) is 0 Å². The molecule has 0 saturated carbocycles. The molecule has 2 aliphatic heterocycles. The van der Waals surface area contributed by atoms with Crippen LogP contribution >= 0.6 is 15.9 Å². The van der Waals surface area contributed by atoms with E-state index in [9.17, 15) is 0 Å². The number of nitrogens with zero attached hydrogens (tertiary/aromatic N) is 5. The first-order valence-electron chi connectivity index (χ1n) is 11.6. The van der Waals surface area contributed by atoms with Crippen LogP contribution in [0.15, 0.2) is 40.9 Å². The Morgan fingerprint density at radius 2 is 1.21 bits per heavy atom. The number of rotatable bonds is 4. The first kappa shape index (κ1) is 23.2. The molecular formula is C23H31BrN10. The van der Waals surface area contributed by atoms with E-state index in [1.54, 1.807) is 0 Å². The zero-order chi connectivity index (χ0) is 23.8. The molecule has 2 aliphatic rings. The molecule has 4 unspecified atom stereocenters. The van der Waals surface area contributed by atoms with Crippen molar-refractivity contribution in [2.45, 2.75) is 37.0 Å². The van der Waals surface area contributed by atoms with Crippen molar-refractivity contribution in [2.24, 2.45) is 22.9 Å². The average Bonchev–Trinajstić information content (AvgIpc) is 2.80. The summed E-state index contributed by atoms with van der Waals surface area (Å²) in [4.78, 5) is 18.4. The van der Waals surface area contributed by atoms with Crippen LogP contribution in [0, 0.1) is 0 Å². The molecule has 11 heteroatoms. The molecule has 3 heterocycles. The highest BCUT2D eigenvalue weighted by molar-refractivity contribution is 9.10. The van der Waals surface area contributed by atoms with Crippen LogP contribution in [0.4, 0.5) is 23.5 Å². The number of anilines is 4. The summed E-state index contributed by atoms with van der Waals surface area (Å²) >= 11 is 3.64. The van der Waals surface area contributed by atoms with E-state index >= 15 is 0 Å². The van der Waals surface area contributed by atoms with E-state index in [1.165, 1.54) is 0 Å². The van der Waals surface area contributed by atoms with Crippen molar-refractivity contribution in [2.75, 3.05) is 41.3 Å². The Labute approximate surface area is 207 Å².